The molecule has 0 N–H and O–H groups in total. The number of allylic oxidation sites excluding steroid dienone is 5. The summed E-state index contributed by atoms with van der Waals surface area (Å²) >= 11 is 0. The van der Waals surface area contributed by atoms with E-state index >= 15 is 0 Å². The van der Waals surface area contributed by atoms with Crippen molar-refractivity contribution in [1.29, 1.82) is 0 Å². The lowest BCUT2D eigenvalue weighted by Gasteiger charge is -2.11. The maximum atomic E-state index is 12.1. The van der Waals surface area contributed by atoms with E-state index in [1.54, 1.807) is 31.4 Å². The van der Waals surface area contributed by atoms with E-state index in [1.165, 1.54) is 6.08 Å². The smallest absolute Gasteiger partial charge is 0.336 e. The summed E-state index contributed by atoms with van der Waals surface area (Å²) in [5.41, 5.74) is 2.52. The minimum Gasteiger partial charge on any atom is -0.496 e. The van der Waals surface area contributed by atoms with E-state index in [9.17, 15) is 4.79 Å². The van der Waals surface area contributed by atoms with E-state index in [2.05, 4.69) is 13.2 Å². The van der Waals surface area contributed by atoms with Gasteiger partial charge in [0.1, 0.15) is 11.5 Å². The first-order valence-corrected chi connectivity index (χ1v) is 8.01. The molecule has 0 heterocycles. The number of hydrogen-bond acceptors (Lipinski definition) is 3. The second-order valence-electron chi connectivity index (χ2n) is 5.52. The van der Waals surface area contributed by atoms with Crippen molar-refractivity contribution in [3.05, 3.63) is 84.2 Å². The molecule has 1 aromatic rings. The Morgan fingerprint density at radius 3 is 2.60 bits per heavy atom. The number of esters is 1. The first-order valence-electron chi connectivity index (χ1n) is 8.01. The van der Waals surface area contributed by atoms with E-state index in [0.717, 1.165) is 16.7 Å². The Bertz CT molecular complexity index is 792. The molecule has 0 saturated carbocycles. The zero-order valence-corrected chi connectivity index (χ0v) is 14.6. The molecular weight excluding hydrogens is 312 g/mol. The Hall–Kier alpha value is -3.07. The molecule has 0 spiro atoms. The van der Waals surface area contributed by atoms with Gasteiger partial charge in [0.2, 0.25) is 0 Å². The molecule has 1 atom stereocenters. The van der Waals surface area contributed by atoms with Gasteiger partial charge in [0.25, 0.3) is 0 Å². The average molecular weight is 334 g/mol. The Kier molecular flexibility index (Phi) is 6.35. The molecule has 1 aromatic carbocycles. The standard InChI is InChI=1S/C22H22O3/c1-5-19-17(11-13-21(24-4)20(19)6-2)12-14-22(23)25-18-10-8-7-9-16(3)15-18/h5-16H,1-2H2,3-4H3/b14-12+. The van der Waals surface area contributed by atoms with Gasteiger partial charge in [-0.25, -0.2) is 4.79 Å². The molecule has 0 radical (unpaired) electrons. The zero-order chi connectivity index (χ0) is 18.2. The van der Waals surface area contributed by atoms with Gasteiger partial charge in [0.15, 0.2) is 0 Å². The van der Waals surface area contributed by atoms with Gasteiger partial charge in [-0.2, -0.15) is 0 Å². The third-order valence-electron chi connectivity index (χ3n) is 3.74. The monoisotopic (exact) mass is 334 g/mol. The summed E-state index contributed by atoms with van der Waals surface area (Å²) in [6, 6.07) is 3.70. The molecule has 0 aromatic heterocycles. The molecule has 0 fully saturated rings. The van der Waals surface area contributed by atoms with Gasteiger partial charge < -0.3 is 9.47 Å². The van der Waals surface area contributed by atoms with Gasteiger partial charge in [-0.15, -0.1) is 0 Å². The summed E-state index contributed by atoms with van der Waals surface area (Å²) in [5.74, 6) is 1.03. The molecule has 3 heteroatoms. The van der Waals surface area contributed by atoms with Crippen molar-refractivity contribution in [1.82, 2.24) is 0 Å². The van der Waals surface area contributed by atoms with Crippen LogP contribution >= 0.6 is 0 Å². The maximum Gasteiger partial charge on any atom is 0.336 e. The van der Waals surface area contributed by atoms with Crippen molar-refractivity contribution in [3.8, 4) is 5.75 Å². The van der Waals surface area contributed by atoms with Crippen LogP contribution in [0.2, 0.25) is 0 Å². The third kappa shape index (κ3) is 4.70. The van der Waals surface area contributed by atoms with E-state index in [4.69, 9.17) is 9.47 Å². The average Bonchev–Trinajstić information content (AvgIpc) is 2.82. The van der Waals surface area contributed by atoms with Gasteiger partial charge in [-0.05, 0) is 41.3 Å². The molecule has 1 aliphatic rings. The fourth-order valence-corrected chi connectivity index (χ4v) is 2.53. The van der Waals surface area contributed by atoms with Crippen molar-refractivity contribution < 1.29 is 14.3 Å². The first-order chi connectivity index (χ1) is 12.1. The molecule has 0 aliphatic heterocycles. The number of methoxy groups -OCH3 is 1. The summed E-state index contributed by atoms with van der Waals surface area (Å²) in [4.78, 5) is 12.1. The highest BCUT2D eigenvalue weighted by molar-refractivity contribution is 5.89. The van der Waals surface area contributed by atoms with E-state index in [0.29, 0.717) is 11.5 Å². The van der Waals surface area contributed by atoms with Crippen LogP contribution < -0.4 is 4.74 Å². The number of carbonyl (C=O) groups excluding carboxylic acids is 1. The van der Waals surface area contributed by atoms with Crippen molar-refractivity contribution in [3.63, 3.8) is 0 Å². The highest BCUT2D eigenvalue weighted by Crippen LogP contribution is 2.28. The first kappa shape index (κ1) is 18.3. The van der Waals surface area contributed by atoms with Crippen molar-refractivity contribution >= 4 is 24.2 Å². The topological polar surface area (TPSA) is 35.5 Å². The SMILES string of the molecule is C=Cc1c(/C=C/C(=O)OC2=CC(C)C=CC=C2)ccc(OC)c1C=C. The highest BCUT2D eigenvalue weighted by Gasteiger charge is 2.09. The number of carbonyl (C=O) groups is 1. The molecule has 0 saturated heterocycles. The molecule has 0 amide bonds. The zero-order valence-electron chi connectivity index (χ0n) is 14.6. The Balaban J connectivity index is 2.20. The molecule has 1 unspecified atom stereocenters. The van der Waals surface area contributed by atoms with Crippen LogP contribution in [0.3, 0.4) is 0 Å². The minimum absolute atomic E-state index is 0.214. The Morgan fingerprint density at radius 2 is 1.92 bits per heavy atom. The number of rotatable bonds is 6. The molecule has 1 aliphatic carbocycles. The third-order valence-corrected chi connectivity index (χ3v) is 3.74. The molecule has 128 valence electrons. The highest BCUT2D eigenvalue weighted by atomic mass is 16.5. The fraction of sp³-hybridized carbons (Fsp3) is 0.136. The fourth-order valence-electron chi connectivity index (χ4n) is 2.53. The van der Waals surface area contributed by atoms with E-state index in [-0.39, 0.29) is 5.92 Å². The Morgan fingerprint density at radius 1 is 1.16 bits per heavy atom. The second-order valence-corrected chi connectivity index (χ2v) is 5.52. The lowest BCUT2D eigenvalue weighted by atomic mass is 9.99. The molecule has 2 rings (SSSR count). The molecule has 25 heavy (non-hydrogen) atoms. The minimum atomic E-state index is -0.434. The molecular formula is C22H22O3. The lowest BCUT2D eigenvalue weighted by molar-refractivity contribution is -0.133. The molecule has 3 nitrogen and oxygen atoms in total. The van der Waals surface area contributed by atoms with E-state index in [1.807, 2.05) is 43.4 Å². The summed E-state index contributed by atoms with van der Waals surface area (Å²) in [6.07, 6.45) is 16.0. The quantitative estimate of drug-likeness (QED) is 0.531. The van der Waals surface area contributed by atoms with Crippen LogP contribution in [-0.2, 0) is 9.53 Å². The van der Waals surface area contributed by atoms with Crippen LogP contribution in [0.15, 0.2) is 67.5 Å². The van der Waals surface area contributed by atoms with Gasteiger partial charge in [0, 0.05) is 11.6 Å². The normalized spacial score (nSPS) is 16.2. The number of ether oxygens (including phenoxy) is 2. The number of benzene rings is 1. The maximum absolute atomic E-state index is 12.1. The van der Waals surface area contributed by atoms with Gasteiger partial charge in [-0.3, -0.25) is 0 Å². The largest absolute Gasteiger partial charge is 0.496 e. The summed E-state index contributed by atoms with van der Waals surface area (Å²) in [6.45, 7) is 9.68. The van der Waals surface area contributed by atoms with Gasteiger partial charge >= 0.3 is 5.97 Å². The lowest BCUT2D eigenvalue weighted by Crippen LogP contribution is -2.00. The second kappa shape index (κ2) is 8.69. The van der Waals surface area contributed by atoms with Crippen LogP contribution in [0.1, 0.15) is 23.6 Å². The summed E-state index contributed by atoms with van der Waals surface area (Å²) in [5, 5.41) is 0. The predicted molar refractivity (Wildman–Crippen MR) is 104 cm³/mol. The van der Waals surface area contributed by atoms with Crippen molar-refractivity contribution in [2.45, 2.75) is 6.92 Å². The van der Waals surface area contributed by atoms with Gasteiger partial charge in [0.05, 0.1) is 7.11 Å². The summed E-state index contributed by atoms with van der Waals surface area (Å²) < 4.78 is 10.7. The Labute approximate surface area is 149 Å². The van der Waals surface area contributed by atoms with Crippen molar-refractivity contribution in [2.24, 2.45) is 5.92 Å². The summed E-state index contributed by atoms with van der Waals surface area (Å²) in [7, 11) is 1.60. The van der Waals surface area contributed by atoms with Crippen LogP contribution in [0.5, 0.6) is 5.75 Å². The predicted octanol–water partition coefficient (Wildman–Crippen LogP) is 5.18. The van der Waals surface area contributed by atoms with E-state index < -0.39 is 5.97 Å². The molecule has 0 bridgehead atoms. The number of hydrogen-bond donors (Lipinski definition) is 0. The van der Waals surface area contributed by atoms with Crippen molar-refractivity contribution in [2.75, 3.05) is 7.11 Å². The van der Waals surface area contributed by atoms with Crippen LogP contribution in [-0.4, -0.2) is 13.1 Å². The van der Waals surface area contributed by atoms with Crippen LogP contribution in [0, 0.1) is 5.92 Å². The van der Waals surface area contributed by atoms with Crippen LogP contribution in [0.4, 0.5) is 0 Å². The van der Waals surface area contributed by atoms with Gasteiger partial charge in [-0.1, -0.05) is 56.5 Å². The van der Waals surface area contributed by atoms with Crippen LogP contribution in [0.25, 0.3) is 18.2 Å².